The number of aliphatic hydroxyl groups excluding tert-OH is 1. The normalized spacial score (nSPS) is 28.9. The van der Waals surface area contributed by atoms with E-state index in [-0.39, 0.29) is 30.0 Å². The minimum atomic E-state index is -0.0406. The van der Waals surface area contributed by atoms with Gasteiger partial charge in [-0.15, -0.1) is 0 Å². The third-order valence-corrected chi connectivity index (χ3v) is 5.66. The molecule has 2 aliphatic rings. The molecule has 0 radical (unpaired) electrons. The molecule has 1 aromatic heterocycles. The Bertz CT molecular complexity index is 571. The van der Waals surface area contributed by atoms with Crippen molar-refractivity contribution in [2.45, 2.75) is 45.2 Å². The second-order valence-electron chi connectivity index (χ2n) is 7.40. The van der Waals surface area contributed by atoms with E-state index in [2.05, 4.69) is 30.9 Å². The molecule has 0 spiro atoms. The number of hydrogen-bond acceptors (Lipinski definition) is 4. The number of amides is 1. The minimum absolute atomic E-state index is 0.00918. The van der Waals surface area contributed by atoms with E-state index in [1.807, 2.05) is 15.8 Å². The Labute approximate surface area is 138 Å². The van der Waals surface area contributed by atoms with Gasteiger partial charge in [0.2, 0.25) is 0 Å². The Morgan fingerprint density at radius 1 is 1.43 bits per heavy atom. The van der Waals surface area contributed by atoms with Gasteiger partial charge in [-0.1, -0.05) is 0 Å². The molecular formula is C17H28N4O2. The van der Waals surface area contributed by atoms with E-state index < -0.39 is 0 Å². The SMILES string of the molecule is CC(C)n1ccc(C(=O)N2CC[C@@]3(CO)CCCN(C)[C@@H]3C2)n1. The molecule has 2 fully saturated rings. The summed E-state index contributed by atoms with van der Waals surface area (Å²) in [5.74, 6) is 0.00918. The number of piperidine rings is 2. The number of aromatic nitrogens is 2. The van der Waals surface area contributed by atoms with E-state index in [1.54, 1.807) is 6.07 Å². The third-order valence-electron chi connectivity index (χ3n) is 5.66. The molecule has 2 aliphatic heterocycles. The van der Waals surface area contributed by atoms with Gasteiger partial charge in [0.25, 0.3) is 5.91 Å². The fourth-order valence-electron chi connectivity index (χ4n) is 4.10. The summed E-state index contributed by atoms with van der Waals surface area (Å²) in [4.78, 5) is 17.0. The Kier molecular flexibility index (Phi) is 4.47. The number of nitrogens with zero attached hydrogens (tertiary/aromatic N) is 4. The third kappa shape index (κ3) is 2.90. The maximum absolute atomic E-state index is 12.8. The van der Waals surface area contributed by atoms with Crippen LogP contribution in [-0.4, -0.2) is 69.9 Å². The highest BCUT2D eigenvalue weighted by atomic mass is 16.3. The van der Waals surface area contributed by atoms with E-state index in [9.17, 15) is 9.90 Å². The van der Waals surface area contributed by atoms with E-state index in [4.69, 9.17) is 0 Å². The predicted molar refractivity (Wildman–Crippen MR) is 88.3 cm³/mol. The fraction of sp³-hybridized carbons (Fsp3) is 0.765. The van der Waals surface area contributed by atoms with Crippen molar-refractivity contribution in [1.82, 2.24) is 19.6 Å². The van der Waals surface area contributed by atoms with Crippen molar-refractivity contribution in [3.8, 4) is 0 Å². The summed E-state index contributed by atoms with van der Waals surface area (Å²) in [5, 5.41) is 14.4. The molecule has 6 nitrogen and oxygen atoms in total. The number of carbonyl (C=O) groups is 1. The van der Waals surface area contributed by atoms with E-state index in [0.29, 0.717) is 18.8 Å². The van der Waals surface area contributed by atoms with Crippen LogP contribution in [0.3, 0.4) is 0 Å². The first-order valence-corrected chi connectivity index (χ1v) is 8.62. The molecule has 2 atom stereocenters. The van der Waals surface area contributed by atoms with Crippen LogP contribution in [0.25, 0.3) is 0 Å². The molecule has 1 N–H and O–H groups in total. The molecule has 3 rings (SSSR count). The second-order valence-corrected chi connectivity index (χ2v) is 7.40. The number of carbonyl (C=O) groups excluding carboxylic acids is 1. The lowest BCUT2D eigenvalue weighted by Crippen LogP contribution is -2.62. The average Bonchev–Trinajstić information content (AvgIpc) is 3.04. The summed E-state index contributed by atoms with van der Waals surface area (Å²) in [6.45, 7) is 6.74. The molecule has 2 saturated heterocycles. The maximum atomic E-state index is 12.8. The van der Waals surface area contributed by atoms with Crippen LogP contribution in [0.2, 0.25) is 0 Å². The number of hydrogen-bond donors (Lipinski definition) is 1. The van der Waals surface area contributed by atoms with Gasteiger partial charge in [-0.25, -0.2) is 0 Å². The van der Waals surface area contributed by atoms with Crippen molar-refractivity contribution in [2.75, 3.05) is 33.3 Å². The summed E-state index contributed by atoms with van der Waals surface area (Å²) in [6, 6.07) is 2.30. The molecule has 1 amide bonds. The molecule has 0 bridgehead atoms. The van der Waals surface area contributed by atoms with Crippen LogP contribution in [-0.2, 0) is 0 Å². The second kappa shape index (κ2) is 6.24. The molecule has 128 valence electrons. The highest BCUT2D eigenvalue weighted by Crippen LogP contribution is 2.41. The van der Waals surface area contributed by atoms with Crippen LogP contribution >= 0.6 is 0 Å². The highest BCUT2D eigenvalue weighted by Gasteiger charge is 2.47. The van der Waals surface area contributed by atoms with Gasteiger partial charge in [0, 0.05) is 36.8 Å². The quantitative estimate of drug-likeness (QED) is 0.914. The number of fused-ring (bicyclic) bond motifs is 1. The monoisotopic (exact) mass is 320 g/mol. The Morgan fingerprint density at radius 3 is 2.87 bits per heavy atom. The lowest BCUT2D eigenvalue weighted by molar-refractivity contribution is -0.0602. The molecule has 0 saturated carbocycles. The summed E-state index contributed by atoms with van der Waals surface area (Å²) in [6.07, 6.45) is 4.92. The first-order valence-electron chi connectivity index (χ1n) is 8.62. The number of likely N-dealkylation sites (tertiary alicyclic amines) is 2. The summed E-state index contributed by atoms with van der Waals surface area (Å²) < 4.78 is 1.82. The van der Waals surface area contributed by atoms with Crippen LogP contribution < -0.4 is 0 Å². The zero-order chi connectivity index (χ0) is 16.6. The average molecular weight is 320 g/mol. The molecule has 0 unspecified atom stereocenters. The van der Waals surface area contributed by atoms with Crippen LogP contribution in [0.1, 0.15) is 49.6 Å². The van der Waals surface area contributed by atoms with Crippen LogP contribution in [0.4, 0.5) is 0 Å². The Hall–Kier alpha value is -1.40. The van der Waals surface area contributed by atoms with Crippen LogP contribution in [0.5, 0.6) is 0 Å². The number of aliphatic hydroxyl groups is 1. The maximum Gasteiger partial charge on any atom is 0.274 e. The lowest BCUT2D eigenvalue weighted by atomic mass is 9.69. The Morgan fingerprint density at radius 2 is 2.22 bits per heavy atom. The molecule has 0 aliphatic carbocycles. The van der Waals surface area contributed by atoms with Crippen molar-refractivity contribution in [2.24, 2.45) is 5.41 Å². The fourth-order valence-corrected chi connectivity index (χ4v) is 4.10. The van der Waals surface area contributed by atoms with Crippen molar-refractivity contribution in [3.63, 3.8) is 0 Å². The smallest absolute Gasteiger partial charge is 0.274 e. The molecule has 23 heavy (non-hydrogen) atoms. The molecule has 0 aromatic carbocycles. The van der Waals surface area contributed by atoms with Gasteiger partial charge in [0.15, 0.2) is 0 Å². The van der Waals surface area contributed by atoms with Crippen LogP contribution in [0.15, 0.2) is 12.3 Å². The van der Waals surface area contributed by atoms with Crippen molar-refractivity contribution < 1.29 is 9.90 Å². The van der Waals surface area contributed by atoms with Gasteiger partial charge in [0.1, 0.15) is 5.69 Å². The number of rotatable bonds is 3. The van der Waals surface area contributed by atoms with Crippen molar-refractivity contribution >= 4 is 5.91 Å². The van der Waals surface area contributed by atoms with Gasteiger partial charge in [-0.05, 0) is 52.8 Å². The largest absolute Gasteiger partial charge is 0.396 e. The highest BCUT2D eigenvalue weighted by molar-refractivity contribution is 5.92. The molecule has 6 heteroatoms. The van der Waals surface area contributed by atoms with Crippen LogP contribution in [0, 0.1) is 5.41 Å². The molecular weight excluding hydrogens is 292 g/mol. The van der Waals surface area contributed by atoms with E-state index >= 15 is 0 Å². The summed E-state index contributed by atoms with van der Waals surface area (Å²) >= 11 is 0. The van der Waals surface area contributed by atoms with E-state index in [0.717, 1.165) is 25.8 Å². The molecule has 3 heterocycles. The standard InChI is InChI=1S/C17H28N4O2/c1-13(2)21-9-5-14(18-21)16(23)20-10-7-17(12-22)6-4-8-19(3)15(17)11-20/h5,9,13,15,22H,4,6-8,10-12H2,1-3H3/t15-,17-/m1/s1. The van der Waals surface area contributed by atoms with Gasteiger partial charge >= 0.3 is 0 Å². The zero-order valence-electron chi connectivity index (χ0n) is 14.4. The Balaban J connectivity index is 1.76. The van der Waals surface area contributed by atoms with Gasteiger partial charge in [0.05, 0.1) is 6.61 Å². The van der Waals surface area contributed by atoms with Crippen molar-refractivity contribution in [3.05, 3.63) is 18.0 Å². The van der Waals surface area contributed by atoms with Crippen molar-refractivity contribution in [1.29, 1.82) is 0 Å². The minimum Gasteiger partial charge on any atom is -0.396 e. The van der Waals surface area contributed by atoms with E-state index in [1.165, 1.54) is 0 Å². The first-order chi connectivity index (χ1) is 11.0. The topological polar surface area (TPSA) is 61.6 Å². The first kappa shape index (κ1) is 16.5. The van der Waals surface area contributed by atoms with Gasteiger partial charge < -0.3 is 14.9 Å². The summed E-state index contributed by atoms with van der Waals surface area (Å²) in [5.41, 5.74) is 0.481. The summed E-state index contributed by atoms with van der Waals surface area (Å²) in [7, 11) is 2.11. The van der Waals surface area contributed by atoms with Gasteiger partial charge in [-0.3, -0.25) is 9.48 Å². The predicted octanol–water partition coefficient (Wildman–Crippen LogP) is 1.38. The number of likely N-dealkylation sites (N-methyl/N-ethyl adjacent to an activating group) is 1. The lowest BCUT2D eigenvalue weighted by Gasteiger charge is -2.53. The zero-order valence-corrected chi connectivity index (χ0v) is 14.4. The van der Waals surface area contributed by atoms with Gasteiger partial charge in [-0.2, -0.15) is 5.10 Å². The molecule has 1 aromatic rings.